The van der Waals surface area contributed by atoms with Crippen molar-refractivity contribution in [1.82, 2.24) is 0 Å². The molecule has 8 aromatic rings. The van der Waals surface area contributed by atoms with Crippen molar-refractivity contribution in [2.45, 2.75) is 117 Å². The number of Topliss-reactive ketones (excluding diaryl/α,β-unsaturated/α-hetero) is 2. The number of hydrogen-bond donors (Lipinski definition) is 1. The second-order valence-corrected chi connectivity index (χ2v) is 30.8. The topological polar surface area (TPSA) is 229 Å². The molecule has 6 aliphatic carbocycles. The highest BCUT2D eigenvalue weighted by Crippen LogP contribution is 2.76. The molecule has 6 saturated carbocycles. The predicted octanol–water partition coefficient (Wildman–Crippen LogP) is 15.6. The van der Waals surface area contributed by atoms with Gasteiger partial charge in [0.05, 0.1) is 33.3 Å². The fourth-order valence-electron chi connectivity index (χ4n) is 17.9. The number of benzene rings is 8. The summed E-state index contributed by atoms with van der Waals surface area (Å²) < 4.78 is 22.1. The van der Waals surface area contributed by atoms with Gasteiger partial charge in [-0.15, -0.1) is 58.8 Å². The molecule has 6 fully saturated rings. The summed E-state index contributed by atoms with van der Waals surface area (Å²) in [4.78, 5) is 130. The Labute approximate surface area is 630 Å². The molecule has 0 saturated heterocycles. The Kier molecular flexibility index (Phi) is 20.0. The van der Waals surface area contributed by atoms with Crippen LogP contribution >= 0.6 is 70.4 Å². The van der Waals surface area contributed by atoms with E-state index in [2.05, 4.69) is 5.32 Å². The molecule has 0 aromatic heterocycles. The van der Waals surface area contributed by atoms with Crippen LogP contribution in [0.15, 0.2) is 109 Å². The van der Waals surface area contributed by atoms with Gasteiger partial charge in [-0.1, -0.05) is 84.9 Å². The number of anilines is 4. The molecule has 104 heavy (non-hydrogen) atoms. The van der Waals surface area contributed by atoms with Crippen LogP contribution in [0.25, 0.3) is 43.1 Å². The summed E-state index contributed by atoms with van der Waals surface area (Å²) in [5.74, 6) is 1.42. The van der Waals surface area contributed by atoms with Crippen LogP contribution in [0, 0.1) is 21.7 Å². The van der Waals surface area contributed by atoms with Crippen molar-refractivity contribution in [1.29, 1.82) is 0 Å². The Morgan fingerprint density at radius 3 is 1.03 bits per heavy atom. The summed E-state index contributed by atoms with van der Waals surface area (Å²) in [6.45, 7) is 10.5. The molecule has 4 bridgehead atoms. The van der Waals surface area contributed by atoms with Gasteiger partial charge in [0, 0.05) is 171 Å². The van der Waals surface area contributed by atoms with E-state index in [1.807, 2.05) is 91.0 Å². The minimum absolute atomic E-state index is 0. The number of nitrogens with zero attached hydrogens (tertiary/aromatic N) is 3. The lowest BCUT2D eigenvalue weighted by molar-refractivity contribution is -0.205. The Hall–Kier alpha value is -8.36. The number of fused-ring (bicyclic) bond motifs is 12. The molecular formula is C80H74Cl6N4O14. The fourth-order valence-corrected chi connectivity index (χ4v) is 19.1. The third kappa shape index (κ3) is 12.6. The number of hydrogen-bond acceptors (Lipinski definition) is 15. The lowest BCUT2D eigenvalue weighted by atomic mass is 9.34. The van der Waals surface area contributed by atoms with Gasteiger partial charge in [-0.05, 0) is 119 Å². The van der Waals surface area contributed by atoms with Crippen molar-refractivity contribution in [3.63, 3.8) is 0 Å². The van der Waals surface area contributed by atoms with Crippen molar-refractivity contribution in [2.75, 3.05) is 69.7 Å². The van der Waals surface area contributed by atoms with Crippen LogP contribution in [0.1, 0.15) is 137 Å². The maximum atomic E-state index is 14.5. The zero-order valence-corrected chi connectivity index (χ0v) is 62.5. The zero-order valence-electron chi connectivity index (χ0n) is 57.9. The quantitative estimate of drug-likeness (QED) is 0.0410. The van der Waals surface area contributed by atoms with Crippen molar-refractivity contribution in [3.8, 4) is 23.0 Å². The molecule has 18 rings (SSSR count). The average Bonchev–Trinajstić information content (AvgIpc) is 0.894. The van der Waals surface area contributed by atoms with Crippen molar-refractivity contribution in [2.24, 2.45) is 21.7 Å². The standard InChI is InChI=1S/C40H36Cl2N2O7.C22H19Cl2NO4.C18H18ClNO3.ClH/c1-21(45)10-24-8-9-28-30(11-24)36-26(15-42)17-44(32(36)13-34(28)51-23(3)47)38(49)40-18-39(19-40,20-40)37(48)43-16-25(14-41)35-29-7-5-4-6-27(29)33(12-31(35)43)50-22(2)46;1-12(26)29-17-6-16-18(15-5-3-2-4-14(15)17)13(7-23)8-25(16)20(28)22-9-21(10-22,11-22)19(24)27;1-10(21)5-12-3-4-14-15(6-12)18-13(8-19)9-20-16(18)7-17(14)23-11(2)22;/h4-9,11-13,25-26H,10,14-20H2,1-3H3;2-6,13H,7-11H2,1H3;3-4,6-7,13,20H,5,8-9H2,1-2H3;1H/t25-,26-,39?,40?;13-,21?,22?;13-;/m111./s1. The highest BCUT2D eigenvalue weighted by atomic mass is 35.5. The predicted molar refractivity (Wildman–Crippen MR) is 405 cm³/mol. The molecule has 540 valence electrons. The Balaban J connectivity index is 0.000000153. The van der Waals surface area contributed by atoms with Crippen molar-refractivity contribution < 1.29 is 66.9 Å². The maximum Gasteiger partial charge on any atom is 0.308 e. The van der Waals surface area contributed by atoms with Crippen LogP contribution in [0.3, 0.4) is 0 Å². The third-order valence-corrected chi connectivity index (χ3v) is 23.8. The summed E-state index contributed by atoms with van der Waals surface area (Å²) in [5.41, 5.74) is 6.42. The SMILES string of the molecule is CC(=O)Cc1ccc2c(OC(C)=O)cc3c(c2c1)[C@H](CCl)CN3.CC(=O)Cc1ccc2c(OC(C)=O)cc3c(c2c1)[C@H](CCl)CN3C(=O)C12CC(C(=O)N3C[C@@H](CCl)c4c3cc(OC(C)=O)c3ccccc43)(C1)C2.CC(=O)Oc1cc2c(c3ccccc13)[C@H](CCl)CN2C(=O)C12CC(C(=O)Cl)(C1)C2.Cl. The molecule has 1 N–H and O–H groups in total. The first kappa shape index (κ1) is 73.9. The van der Waals surface area contributed by atoms with Crippen LogP contribution in [0.5, 0.6) is 23.0 Å². The van der Waals surface area contributed by atoms with Gasteiger partial charge in [0.15, 0.2) is 0 Å². The number of carbonyl (C=O) groups is 10. The van der Waals surface area contributed by atoms with Gasteiger partial charge in [0.2, 0.25) is 23.0 Å². The maximum absolute atomic E-state index is 14.5. The van der Waals surface area contributed by atoms with E-state index >= 15 is 0 Å². The Morgan fingerprint density at radius 2 is 0.702 bits per heavy atom. The molecule has 4 atom stereocenters. The minimum Gasteiger partial charge on any atom is -0.426 e. The smallest absolute Gasteiger partial charge is 0.308 e. The normalized spacial score (nSPS) is 23.5. The number of carbonyl (C=O) groups excluding carboxylic acids is 10. The number of amides is 3. The molecule has 3 amide bonds. The molecule has 18 nitrogen and oxygen atoms in total. The van der Waals surface area contributed by atoms with Gasteiger partial charge in [0.25, 0.3) is 0 Å². The van der Waals surface area contributed by atoms with Gasteiger partial charge in [-0.2, -0.15) is 0 Å². The third-order valence-electron chi connectivity index (χ3n) is 21.9. The lowest BCUT2D eigenvalue weighted by Crippen LogP contribution is -2.73. The molecule has 0 radical (unpaired) electrons. The van der Waals surface area contributed by atoms with E-state index in [4.69, 9.17) is 77.0 Å². The number of esters is 4. The first-order valence-corrected chi connectivity index (χ1v) is 36.9. The average molecular weight is 1530 g/mol. The molecule has 10 aliphatic rings. The van der Waals surface area contributed by atoms with E-state index in [0.717, 1.165) is 89.0 Å². The highest BCUT2D eigenvalue weighted by Gasteiger charge is 2.77. The van der Waals surface area contributed by atoms with Gasteiger partial charge in [-0.3, -0.25) is 47.9 Å². The van der Waals surface area contributed by atoms with E-state index in [1.165, 1.54) is 34.6 Å². The van der Waals surface area contributed by atoms with E-state index in [-0.39, 0.29) is 88.9 Å². The zero-order chi connectivity index (χ0) is 73.1. The van der Waals surface area contributed by atoms with Crippen LogP contribution in [-0.4, -0.2) is 108 Å². The summed E-state index contributed by atoms with van der Waals surface area (Å²) >= 11 is 31.1. The fraction of sp³-hybridized carbons (Fsp3) is 0.375. The minimum atomic E-state index is -0.693. The van der Waals surface area contributed by atoms with Crippen molar-refractivity contribution in [3.05, 3.63) is 143 Å². The second-order valence-electron chi connectivity index (χ2n) is 29.2. The lowest BCUT2D eigenvalue weighted by Gasteiger charge is -2.69. The molecule has 0 spiro atoms. The largest absolute Gasteiger partial charge is 0.426 e. The number of nitrogens with one attached hydrogen (secondary N) is 1. The monoisotopic (exact) mass is 1520 g/mol. The van der Waals surface area contributed by atoms with Gasteiger partial charge >= 0.3 is 23.9 Å². The van der Waals surface area contributed by atoms with Crippen LogP contribution in [0.2, 0.25) is 0 Å². The van der Waals surface area contributed by atoms with Crippen LogP contribution in [0.4, 0.5) is 22.7 Å². The first-order chi connectivity index (χ1) is 49.2. The summed E-state index contributed by atoms with van der Waals surface area (Å²) in [6, 6.07) is 34.0. The van der Waals surface area contributed by atoms with Gasteiger partial charge < -0.3 is 39.0 Å². The second kappa shape index (κ2) is 28.2. The Bertz CT molecular complexity index is 5020. The van der Waals surface area contributed by atoms with E-state index < -0.39 is 39.6 Å². The summed E-state index contributed by atoms with van der Waals surface area (Å²) in [5, 5.41) is 9.80. The Morgan fingerprint density at radius 1 is 0.394 bits per heavy atom. The molecule has 4 heterocycles. The summed E-state index contributed by atoms with van der Waals surface area (Å²) in [7, 11) is 0. The highest BCUT2D eigenvalue weighted by molar-refractivity contribution is 6.65. The van der Waals surface area contributed by atoms with Gasteiger partial charge in [-0.25, -0.2) is 0 Å². The molecule has 0 unspecified atom stereocenters. The number of halogens is 6. The van der Waals surface area contributed by atoms with E-state index in [0.29, 0.717) is 122 Å². The van der Waals surface area contributed by atoms with Crippen LogP contribution < -0.4 is 39.0 Å². The van der Waals surface area contributed by atoms with E-state index in [9.17, 15) is 47.9 Å². The number of ether oxygens (including phenoxy) is 4. The summed E-state index contributed by atoms with van der Waals surface area (Å²) in [6.07, 6.45) is 3.46. The van der Waals surface area contributed by atoms with Crippen LogP contribution in [-0.2, 0) is 60.8 Å². The molecule has 8 aromatic carbocycles. The molecular weight excluding hydrogens is 1450 g/mol. The first-order valence-electron chi connectivity index (χ1n) is 34.3. The van der Waals surface area contributed by atoms with Crippen molar-refractivity contribution >= 4 is 195 Å². The van der Waals surface area contributed by atoms with Gasteiger partial charge in [0.1, 0.15) is 34.6 Å². The number of alkyl halides is 4. The number of rotatable bonds is 16. The number of ketones is 2. The van der Waals surface area contributed by atoms with E-state index in [1.54, 1.807) is 39.8 Å². The molecule has 24 heteroatoms. The molecule has 4 aliphatic heterocycles.